The van der Waals surface area contributed by atoms with Gasteiger partial charge in [0.05, 0.1) is 0 Å². The van der Waals surface area contributed by atoms with E-state index in [1.165, 1.54) is 12.1 Å². The van der Waals surface area contributed by atoms with Crippen LogP contribution in [-0.4, -0.2) is 16.8 Å². The number of carbonyl (C=O) groups excluding carboxylic acids is 2. The molecule has 5 nitrogen and oxygen atoms in total. The molecule has 0 spiro atoms. The van der Waals surface area contributed by atoms with Crippen molar-refractivity contribution in [3.8, 4) is 0 Å². The van der Waals surface area contributed by atoms with Crippen molar-refractivity contribution in [1.82, 2.24) is 10.3 Å². The molecule has 27 heavy (non-hydrogen) atoms. The monoisotopic (exact) mass is 399 g/mol. The molecule has 0 saturated heterocycles. The van der Waals surface area contributed by atoms with Crippen LogP contribution in [0, 0.1) is 0 Å². The van der Waals surface area contributed by atoms with Gasteiger partial charge in [-0.05, 0) is 54.1 Å². The lowest BCUT2D eigenvalue weighted by molar-refractivity contribution is 0.0950. The second kappa shape index (κ2) is 8.66. The first kappa shape index (κ1) is 18.9. The topological polar surface area (TPSA) is 71.1 Å². The zero-order valence-corrected chi connectivity index (χ0v) is 15.6. The third-order valence-corrected chi connectivity index (χ3v) is 4.14. The number of hydrogen-bond acceptors (Lipinski definition) is 3. The van der Waals surface area contributed by atoms with Crippen molar-refractivity contribution in [1.29, 1.82) is 0 Å². The van der Waals surface area contributed by atoms with Crippen LogP contribution in [0.3, 0.4) is 0 Å². The summed E-state index contributed by atoms with van der Waals surface area (Å²) in [7, 11) is 0. The van der Waals surface area contributed by atoms with E-state index in [1.807, 2.05) is 12.1 Å². The first-order chi connectivity index (χ1) is 13.0. The maximum absolute atomic E-state index is 12.3. The van der Waals surface area contributed by atoms with E-state index in [0.29, 0.717) is 33.4 Å². The van der Waals surface area contributed by atoms with Crippen LogP contribution in [0.5, 0.6) is 0 Å². The second-order valence-electron chi connectivity index (χ2n) is 5.73. The molecule has 136 valence electrons. The highest BCUT2D eigenvalue weighted by Gasteiger charge is 2.10. The maximum atomic E-state index is 12.3. The summed E-state index contributed by atoms with van der Waals surface area (Å²) in [4.78, 5) is 28.5. The summed E-state index contributed by atoms with van der Waals surface area (Å²) in [5, 5.41) is 6.32. The molecule has 0 bridgehead atoms. The Hall–Kier alpha value is -2.89. The second-order valence-corrected chi connectivity index (χ2v) is 6.61. The lowest BCUT2D eigenvalue weighted by atomic mass is 10.1. The molecule has 0 aliphatic carbocycles. The summed E-state index contributed by atoms with van der Waals surface area (Å²) in [6, 6.07) is 14.9. The van der Waals surface area contributed by atoms with Gasteiger partial charge in [0, 0.05) is 45.8 Å². The van der Waals surface area contributed by atoms with E-state index < -0.39 is 0 Å². The van der Waals surface area contributed by atoms with Crippen LogP contribution < -0.4 is 10.6 Å². The molecule has 0 aliphatic heterocycles. The minimum Gasteiger partial charge on any atom is -0.348 e. The van der Waals surface area contributed by atoms with Crippen LogP contribution in [0.2, 0.25) is 10.0 Å². The number of rotatable bonds is 5. The molecular formula is C20H15Cl2N3O2. The Kier molecular flexibility index (Phi) is 6.06. The van der Waals surface area contributed by atoms with Crippen molar-refractivity contribution in [2.45, 2.75) is 6.54 Å². The van der Waals surface area contributed by atoms with Crippen molar-refractivity contribution in [3.63, 3.8) is 0 Å². The Bertz CT molecular complexity index is 940. The fraction of sp³-hybridized carbons (Fsp3) is 0.0500. The van der Waals surface area contributed by atoms with Gasteiger partial charge in [0.2, 0.25) is 0 Å². The van der Waals surface area contributed by atoms with Crippen LogP contribution in [0.25, 0.3) is 0 Å². The van der Waals surface area contributed by atoms with Gasteiger partial charge in [-0.1, -0.05) is 29.3 Å². The average molecular weight is 400 g/mol. The van der Waals surface area contributed by atoms with Crippen molar-refractivity contribution < 1.29 is 9.59 Å². The number of halogens is 2. The van der Waals surface area contributed by atoms with Crippen LogP contribution in [0.1, 0.15) is 26.3 Å². The SMILES string of the molecule is O=C(NCc1cccnc1)c1ccc(NC(=O)c2cc(Cl)cc(Cl)c2)cc1. The zero-order chi connectivity index (χ0) is 19.2. The molecule has 0 radical (unpaired) electrons. The molecule has 0 unspecified atom stereocenters. The van der Waals surface area contributed by atoms with Gasteiger partial charge in [-0.2, -0.15) is 0 Å². The molecular weight excluding hydrogens is 385 g/mol. The Labute approximate surface area is 166 Å². The van der Waals surface area contributed by atoms with E-state index in [-0.39, 0.29) is 11.8 Å². The molecule has 0 aliphatic rings. The van der Waals surface area contributed by atoms with E-state index in [0.717, 1.165) is 5.56 Å². The van der Waals surface area contributed by atoms with E-state index in [9.17, 15) is 9.59 Å². The highest BCUT2D eigenvalue weighted by atomic mass is 35.5. The molecule has 0 fully saturated rings. The Balaban J connectivity index is 1.61. The normalized spacial score (nSPS) is 10.3. The molecule has 2 aromatic carbocycles. The lowest BCUT2D eigenvalue weighted by Crippen LogP contribution is -2.22. The molecule has 0 saturated carbocycles. The number of aromatic nitrogens is 1. The highest BCUT2D eigenvalue weighted by Crippen LogP contribution is 2.20. The van der Waals surface area contributed by atoms with Crippen LogP contribution in [0.4, 0.5) is 5.69 Å². The minimum atomic E-state index is -0.340. The molecule has 7 heteroatoms. The van der Waals surface area contributed by atoms with Gasteiger partial charge < -0.3 is 10.6 Å². The third kappa shape index (κ3) is 5.29. The number of nitrogens with zero attached hydrogens (tertiary/aromatic N) is 1. The summed E-state index contributed by atoms with van der Waals surface area (Å²) in [5.41, 5.74) is 2.31. The van der Waals surface area contributed by atoms with Gasteiger partial charge in [0.15, 0.2) is 0 Å². The van der Waals surface area contributed by atoms with Gasteiger partial charge in [0.25, 0.3) is 11.8 Å². The Morgan fingerprint density at radius 3 is 2.22 bits per heavy atom. The quantitative estimate of drug-likeness (QED) is 0.659. The largest absolute Gasteiger partial charge is 0.348 e. The van der Waals surface area contributed by atoms with Gasteiger partial charge in [-0.3, -0.25) is 14.6 Å². The van der Waals surface area contributed by atoms with E-state index >= 15 is 0 Å². The fourth-order valence-corrected chi connectivity index (χ4v) is 2.91. The smallest absolute Gasteiger partial charge is 0.255 e. The number of carbonyl (C=O) groups is 2. The molecule has 2 N–H and O–H groups in total. The van der Waals surface area contributed by atoms with Gasteiger partial charge in [-0.25, -0.2) is 0 Å². The van der Waals surface area contributed by atoms with Crippen molar-refractivity contribution >= 4 is 40.7 Å². The predicted octanol–water partition coefficient (Wildman–Crippen LogP) is 4.57. The summed E-state index contributed by atoms with van der Waals surface area (Å²) in [6.45, 7) is 0.390. The first-order valence-corrected chi connectivity index (χ1v) is 8.81. The number of benzene rings is 2. The van der Waals surface area contributed by atoms with Crippen molar-refractivity contribution in [3.05, 3.63) is 93.7 Å². The number of hydrogen-bond donors (Lipinski definition) is 2. The number of pyridine rings is 1. The molecule has 2 amide bonds. The van der Waals surface area contributed by atoms with Crippen LogP contribution >= 0.6 is 23.2 Å². The highest BCUT2D eigenvalue weighted by molar-refractivity contribution is 6.35. The van der Waals surface area contributed by atoms with E-state index in [4.69, 9.17) is 23.2 Å². The molecule has 0 atom stereocenters. The fourth-order valence-electron chi connectivity index (χ4n) is 2.38. The number of amides is 2. The van der Waals surface area contributed by atoms with E-state index in [2.05, 4.69) is 15.6 Å². The molecule has 1 heterocycles. The van der Waals surface area contributed by atoms with Crippen molar-refractivity contribution in [2.75, 3.05) is 5.32 Å². The van der Waals surface area contributed by atoms with Crippen LogP contribution in [-0.2, 0) is 6.54 Å². The summed E-state index contributed by atoms with van der Waals surface area (Å²) in [6.07, 6.45) is 3.37. The minimum absolute atomic E-state index is 0.210. The number of anilines is 1. The summed E-state index contributed by atoms with van der Waals surface area (Å²) >= 11 is 11.8. The number of nitrogens with one attached hydrogen (secondary N) is 2. The van der Waals surface area contributed by atoms with Gasteiger partial charge in [-0.15, -0.1) is 0 Å². The third-order valence-electron chi connectivity index (χ3n) is 3.71. The summed E-state index contributed by atoms with van der Waals surface area (Å²) in [5.74, 6) is -0.550. The Morgan fingerprint density at radius 1 is 0.889 bits per heavy atom. The summed E-state index contributed by atoms with van der Waals surface area (Å²) < 4.78 is 0. The van der Waals surface area contributed by atoms with Crippen LogP contribution in [0.15, 0.2) is 67.0 Å². The molecule has 1 aromatic heterocycles. The van der Waals surface area contributed by atoms with E-state index in [1.54, 1.807) is 42.7 Å². The van der Waals surface area contributed by atoms with Gasteiger partial charge in [0.1, 0.15) is 0 Å². The molecule has 3 rings (SSSR count). The first-order valence-electron chi connectivity index (χ1n) is 8.06. The standard InChI is InChI=1S/C20H15Cl2N3O2/c21-16-8-15(9-17(22)10-16)20(27)25-18-5-3-14(4-6-18)19(26)24-12-13-2-1-7-23-11-13/h1-11H,12H2,(H,24,26)(H,25,27). The molecule has 3 aromatic rings. The Morgan fingerprint density at radius 2 is 1.59 bits per heavy atom. The lowest BCUT2D eigenvalue weighted by Gasteiger charge is -2.08. The average Bonchev–Trinajstić information content (AvgIpc) is 2.66. The van der Waals surface area contributed by atoms with Gasteiger partial charge >= 0.3 is 0 Å². The zero-order valence-electron chi connectivity index (χ0n) is 14.1. The van der Waals surface area contributed by atoms with Crippen molar-refractivity contribution in [2.24, 2.45) is 0 Å². The maximum Gasteiger partial charge on any atom is 0.255 e. The predicted molar refractivity (Wildman–Crippen MR) is 106 cm³/mol.